The van der Waals surface area contributed by atoms with Crippen LogP contribution in [0.4, 0.5) is 38.1 Å². The minimum absolute atomic E-state index is 0.0259. The third kappa shape index (κ3) is 5.94. The highest BCUT2D eigenvalue weighted by molar-refractivity contribution is 7.70. The molecule has 1 atom stereocenters. The van der Waals surface area contributed by atoms with Crippen LogP contribution < -0.4 is 20.8 Å². The summed E-state index contributed by atoms with van der Waals surface area (Å²) in [5.41, 5.74) is -2.95. The highest BCUT2D eigenvalue weighted by atomic mass is 35.5. The smallest absolute Gasteiger partial charge is 0.326 e. The second-order valence-electron chi connectivity index (χ2n) is 9.24. The van der Waals surface area contributed by atoms with E-state index >= 15 is 4.39 Å². The third-order valence-corrected chi connectivity index (χ3v) is 7.95. The molecule has 4 rings (SSSR count). The molecule has 1 fully saturated rings. The average molecular weight is 586 g/mol. The molecule has 206 valence electrons. The molecular formula is C26H22ClF5N3O3P. The van der Waals surface area contributed by atoms with Crippen LogP contribution in [0.5, 0.6) is 0 Å². The Morgan fingerprint density at radius 2 is 1.74 bits per heavy atom. The van der Waals surface area contributed by atoms with E-state index in [-0.39, 0.29) is 34.5 Å². The number of nitrogens with one attached hydrogen (secondary N) is 2. The summed E-state index contributed by atoms with van der Waals surface area (Å²) in [4.78, 5) is 26.1. The molecule has 1 unspecified atom stereocenters. The third-order valence-electron chi connectivity index (χ3n) is 6.16. The zero-order valence-corrected chi connectivity index (χ0v) is 22.2. The predicted molar refractivity (Wildman–Crippen MR) is 140 cm³/mol. The van der Waals surface area contributed by atoms with Crippen molar-refractivity contribution in [2.24, 2.45) is 0 Å². The van der Waals surface area contributed by atoms with Crippen LogP contribution in [0.2, 0.25) is 5.02 Å². The van der Waals surface area contributed by atoms with Gasteiger partial charge in [-0.05, 0) is 55.1 Å². The van der Waals surface area contributed by atoms with E-state index in [4.69, 9.17) is 11.6 Å². The largest absolute Gasteiger partial charge is 0.419 e. The quantitative estimate of drug-likeness (QED) is 0.266. The minimum Gasteiger partial charge on any atom is -0.326 e. The molecule has 13 heteroatoms. The van der Waals surface area contributed by atoms with Crippen LogP contribution in [0, 0.1) is 11.6 Å². The number of urea groups is 1. The second kappa shape index (κ2) is 10.6. The Morgan fingerprint density at radius 1 is 1.05 bits per heavy atom. The summed E-state index contributed by atoms with van der Waals surface area (Å²) in [6.45, 7) is 2.62. The van der Waals surface area contributed by atoms with E-state index in [1.165, 1.54) is 49.7 Å². The van der Waals surface area contributed by atoms with Gasteiger partial charge in [0.1, 0.15) is 24.6 Å². The van der Waals surface area contributed by atoms with Crippen LogP contribution >= 0.6 is 18.7 Å². The van der Waals surface area contributed by atoms with Crippen LogP contribution in [0.1, 0.15) is 12.0 Å². The lowest BCUT2D eigenvalue weighted by atomic mass is 9.97. The van der Waals surface area contributed by atoms with E-state index in [2.05, 4.69) is 10.6 Å². The van der Waals surface area contributed by atoms with Gasteiger partial charge >= 0.3 is 12.2 Å². The molecule has 0 spiro atoms. The lowest BCUT2D eigenvalue weighted by molar-refractivity contribution is -0.139. The molecule has 0 bridgehead atoms. The van der Waals surface area contributed by atoms with Gasteiger partial charge in [0.05, 0.1) is 11.4 Å². The fourth-order valence-corrected chi connectivity index (χ4v) is 5.79. The van der Waals surface area contributed by atoms with E-state index in [1.54, 1.807) is 0 Å². The van der Waals surface area contributed by atoms with Gasteiger partial charge in [-0.1, -0.05) is 41.9 Å². The molecule has 39 heavy (non-hydrogen) atoms. The van der Waals surface area contributed by atoms with Gasteiger partial charge in [0.25, 0.3) is 0 Å². The lowest BCUT2D eigenvalue weighted by Crippen LogP contribution is -2.43. The second-order valence-corrected chi connectivity index (χ2v) is 12.9. The van der Waals surface area contributed by atoms with Gasteiger partial charge in [-0.15, -0.1) is 0 Å². The Bertz CT molecular complexity index is 1510. The summed E-state index contributed by atoms with van der Waals surface area (Å²) >= 11 is 5.68. The number of anilines is 2. The number of hydrogen-bond acceptors (Lipinski definition) is 3. The molecule has 3 aromatic rings. The van der Waals surface area contributed by atoms with Gasteiger partial charge in [0.2, 0.25) is 5.91 Å². The molecule has 3 amide bonds. The first-order chi connectivity index (χ1) is 18.2. The molecule has 2 N–H and O–H groups in total. The Balaban J connectivity index is 1.63. The summed E-state index contributed by atoms with van der Waals surface area (Å²) in [5.74, 6) is -3.32. The maximum atomic E-state index is 15.6. The number of halogens is 6. The highest BCUT2D eigenvalue weighted by Crippen LogP contribution is 2.45. The molecule has 3 aromatic carbocycles. The van der Waals surface area contributed by atoms with Crippen LogP contribution in [-0.4, -0.2) is 37.9 Å². The van der Waals surface area contributed by atoms with E-state index in [1.807, 2.05) is 0 Å². The van der Waals surface area contributed by atoms with Crippen molar-refractivity contribution < 1.29 is 36.1 Å². The number of carbonyl (C=O) groups is 2. The average Bonchev–Trinajstić information content (AvgIpc) is 3.19. The number of amides is 3. The summed E-state index contributed by atoms with van der Waals surface area (Å²) in [7, 11) is -3.03. The first kappa shape index (κ1) is 28.6. The Labute approximate surface area is 225 Å². The first-order valence-corrected chi connectivity index (χ1v) is 14.5. The van der Waals surface area contributed by atoms with Crippen molar-refractivity contribution in [2.45, 2.75) is 18.6 Å². The molecule has 0 radical (unpaired) electrons. The van der Waals surface area contributed by atoms with Gasteiger partial charge in [0.15, 0.2) is 5.82 Å². The lowest BCUT2D eigenvalue weighted by Gasteiger charge is -2.23. The molecule has 0 aliphatic carbocycles. The van der Waals surface area contributed by atoms with Crippen molar-refractivity contribution >= 4 is 47.4 Å². The zero-order chi connectivity index (χ0) is 28.7. The molecule has 1 heterocycles. The van der Waals surface area contributed by atoms with Crippen LogP contribution in [-0.2, 0) is 15.5 Å². The van der Waals surface area contributed by atoms with Crippen molar-refractivity contribution in [3.63, 3.8) is 0 Å². The SMILES string of the molecule is CP(C)(=O)c1ccccc1-c1ccc(N2CCC(NC(=O)Nc3ccc(Cl)cc3F)C2=O)c(F)c1C(F)(F)F. The van der Waals surface area contributed by atoms with Gasteiger partial charge in [0, 0.05) is 16.9 Å². The fraction of sp³-hybridized carbons (Fsp3) is 0.231. The molecular weight excluding hydrogens is 564 g/mol. The highest BCUT2D eigenvalue weighted by Gasteiger charge is 2.42. The van der Waals surface area contributed by atoms with Gasteiger partial charge in [-0.3, -0.25) is 4.79 Å². The van der Waals surface area contributed by atoms with E-state index in [0.717, 1.165) is 23.1 Å². The Morgan fingerprint density at radius 3 is 2.38 bits per heavy atom. The van der Waals surface area contributed by atoms with Crippen LogP contribution in [0.15, 0.2) is 54.6 Å². The molecule has 1 aliphatic rings. The molecule has 0 saturated carbocycles. The molecule has 6 nitrogen and oxygen atoms in total. The standard InChI is InChI=1S/C26H22ClF5N3O3P/c1-39(2,38)21-6-4-3-5-15(21)16-8-10-20(23(29)22(16)26(30,31)32)35-12-11-19(24(35)36)34-25(37)33-18-9-7-14(27)13-17(18)28/h3-10,13,19H,11-12H2,1-2H3,(H2,33,34,37). The topological polar surface area (TPSA) is 78.5 Å². The van der Waals surface area contributed by atoms with Crippen molar-refractivity contribution in [2.75, 3.05) is 30.1 Å². The number of alkyl halides is 3. The van der Waals surface area contributed by atoms with Crippen LogP contribution in [0.25, 0.3) is 11.1 Å². The fourth-order valence-electron chi connectivity index (χ4n) is 4.41. The van der Waals surface area contributed by atoms with Crippen LogP contribution in [0.3, 0.4) is 0 Å². The minimum atomic E-state index is -5.14. The van der Waals surface area contributed by atoms with Crippen molar-refractivity contribution in [3.05, 3.63) is 76.8 Å². The van der Waals surface area contributed by atoms with E-state index in [9.17, 15) is 31.7 Å². The Kier molecular flexibility index (Phi) is 7.78. The van der Waals surface area contributed by atoms with Crippen molar-refractivity contribution in [1.29, 1.82) is 0 Å². The number of hydrogen-bond donors (Lipinski definition) is 2. The predicted octanol–water partition coefficient (Wildman–Crippen LogP) is 6.48. The summed E-state index contributed by atoms with van der Waals surface area (Å²) < 4.78 is 84.8. The van der Waals surface area contributed by atoms with Gasteiger partial charge in [-0.2, -0.15) is 13.2 Å². The normalized spacial score (nSPS) is 15.9. The zero-order valence-electron chi connectivity index (χ0n) is 20.6. The summed E-state index contributed by atoms with van der Waals surface area (Å²) in [6.07, 6.45) is -5.17. The molecule has 1 saturated heterocycles. The van der Waals surface area contributed by atoms with E-state index in [0.29, 0.717) is 0 Å². The maximum Gasteiger partial charge on any atom is 0.419 e. The molecule has 1 aliphatic heterocycles. The monoisotopic (exact) mass is 585 g/mol. The van der Waals surface area contributed by atoms with Crippen molar-refractivity contribution in [1.82, 2.24) is 5.32 Å². The van der Waals surface area contributed by atoms with Crippen molar-refractivity contribution in [3.8, 4) is 11.1 Å². The Hall–Kier alpha value is -3.43. The van der Waals surface area contributed by atoms with E-state index < -0.39 is 59.7 Å². The number of nitrogens with zero attached hydrogens (tertiary/aromatic N) is 1. The van der Waals surface area contributed by atoms with Gasteiger partial charge in [-0.25, -0.2) is 13.6 Å². The number of benzene rings is 3. The molecule has 0 aromatic heterocycles. The number of rotatable bonds is 5. The summed E-state index contributed by atoms with van der Waals surface area (Å²) in [5, 5.41) is 4.81. The summed E-state index contributed by atoms with van der Waals surface area (Å²) in [6, 6.07) is 9.24. The van der Waals surface area contributed by atoms with Gasteiger partial charge < -0.3 is 20.1 Å². The maximum absolute atomic E-state index is 15.6. The number of carbonyl (C=O) groups excluding carboxylic acids is 2. The first-order valence-electron chi connectivity index (χ1n) is 11.6.